The zero-order valence-corrected chi connectivity index (χ0v) is 15.6. The van der Waals surface area contributed by atoms with Gasteiger partial charge in [0, 0.05) is 11.4 Å². The Balaban J connectivity index is 1.66. The Bertz CT molecular complexity index is 652. The summed E-state index contributed by atoms with van der Waals surface area (Å²) >= 11 is 0. The van der Waals surface area contributed by atoms with Crippen molar-refractivity contribution in [1.82, 2.24) is 9.97 Å². The molecule has 4 aliphatic rings. The molecule has 1 aromatic heterocycles. The first-order valence-electron chi connectivity index (χ1n) is 9.17. The summed E-state index contributed by atoms with van der Waals surface area (Å²) in [7, 11) is 0. The first-order chi connectivity index (χ1) is 11.0. The summed E-state index contributed by atoms with van der Waals surface area (Å²) in [5, 5.41) is 3.07. The minimum Gasteiger partial charge on any atom is -0.294 e. The van der Waals surface area contributed by atoms with Gasteiger partial charge in [-0.3, -0.25) is 10.1 Å². The van der Waals surface area contributed by atoms with Crippen LogP contribution >= 0.6 is 0 Å². The first kappa shape index (κ1) is 16.0. The molecule has 4 aliphatic carbocycles. The quantitative estimate of drug-likeness (QED) is 0.875. The van der Waals surface area contributed by atoms with Gasteiger partial charge < -0.3 is 0 Å². The number of nitrogens with one attached hydrogen (secondary N) is 1. The van der Waals surface area contributed by atoms with Crippen molar-refractivity contribution in [3.8, 4) is 0 Å². The molecule has 4 bridgehead atoms. The molecule has 1 heterocycles. The molecule has 0 unspecified atom stereocenters. The van der Waals surface area contributed by atoms with E-state index < -0.39 is 0 Å². The standard InChI is InChI=1S/C20H29N3O/c1-13-6-14(2)22-16(21-13)23-15(24)20-10-17(3)7-18(4,11-20)9-19(5,8-17)12-20/h6H,7-12H2,1-5H3,(H,21,22,23,24). The van der Waals surface area contributed by atoms with Crippen LogP contribution in [0.25, 0.3) is 0 Å². The van der Waals surface area contributed by atoms with Crippen molar-refractivity contribution in [2.24, 2.45) is 21.7 Å². The predicted octanol–water partition coefficient (Wildman–Crippen LogP) is 4.42. The fourth-order valence-corrected chi connectivity index (χ4v) is 7.55. The van der Waals surface area contributed by atoms with Gasteiger partial charge in [-0.25, -0.2) is 9.97 Å². The third-order valence-corrected chi connectivity index (χ3v) is 6.55. The molecule has 0 aromatic carbocycles. The molecule has 0 radical (unpaired) electrons. The number of aryl methyl sites for hydroxylation is 2. The van der Waals surface area contributed by atoms with Crippen molar-refractivity contribution in [1.29, 1.82) is 0 Å². The van der Waals surface area contributed by atoms with Crippen molar-refractivity contribution in [2.45, 2.75) is 73.1 Å². The van der Waals surface area contributed by atoms with E-state index in [2.05, 4.69) is 36.1 Å². The largest absolute Gasteiger partial charge is 0.294 e. The lowest BCUT2D eigenvalue weighted by Crippen LogP contribution is -2.62. The lowest BCUT2D eigenvalue weighted by molar-refractivity contribution is -0.188. The van der Waals surface area contributed by atoms with Crippen LogP contribution in [0.3, 0.4) is 0 Å². The second-order valence-corrected chi connectivity index (χ2v) is 10.2. The molecular weight excluding hydrogens is 298 g/mol. The molecule has 4 fully saturated rings. The van der Waals surface area contributed by atoms with Crippen LogP contribution in [0.2, 0.25) is 0 Å². The Hall–Kier alpha value is -1.45. The van der Waals surface area contributed by atoms with Gasteiger partial charge in [0.25, 0.3) is 0 Å². The maximum absolute atomic E-state index is 13.3. The van der Waals surface area contributed by atoms with Crippen molar-refractivity contribution >= 4 is 11.9 Å². The number of aromatic nitrogens is 2. The third-order valence-electron chi connectivity index (χ3n) is 6.55. The van der Waals surface area contributed by atoms with Gasteiger partial charge in [-0.2, -0.15) is 0 Å². The highest BCUT2D eigenvalue weighted by atomic mass is 16.2. The van der Waals surface area contributed by atoms with E-state index in [4.69, 9.17) is 0 Å². The Labute approximate surface area is 144 Å². The molecule has 1 aromatic rings. The van der Waals surface area contributed by atoms with Crippen LogP contribution in [0, 0.1) is 35.5 Å². The van der Waals surface area contributed by atoms with E-state index in [1.165, 1.54) is 19.3 Å². The van der Waals surface area contributed by atoms with Gasteiger partial charge in [0.1, 0.15) is 0 Å². The topological polar surface area (TPSA) is 54.9 Å². The van der Waals surface area contributed by atoms with Gasteiger partial charge >= 0.3 is 0 Å². The average Bonchev–Trinajstić information content (AvgIpc) is 2.30. The molecular formula is C20H29N3O. The number of carbonyl (C=O) groups excluding carboxylic acids is 1. The molecule has 0 aliphatic heterocycles. The number of hydrogen-bond donors (Lipinski definition) is 1. The van der Waals surface area contributed by atoms with Gasteiger partial charge in [-0.05, 0) is 74.7 Å². The van der Waals surface area contributed by atoms with E-state index in [1.807, 2.05) is 19.9 Å². The smallest absolute Gasteiger partial charge is 0.233 e. The minimum absolute atomic E-state index is 0.148. The summed E-state index contributed by atoms with van der Waals surface area (Å²) < 4.78 is 0. The maximum Gasteiger partial charge on any atom is 0.233 e. The molecule has 0 spiro atoms. The lowest BCUT2D eigenvalue weighted by Gasteiger charge is -2.68. The van der Waals surface area contributed by atoms with Crippen LogP contribution in [-0.4, -0.2) is 15.9 Å². The SMILES string of the molecule is Cc1cc(C)nc(NC(=O)C23CC4(C)CC(C)(CC(C)(C4)C2)C3)n1. The fraction of sp³-hybridized carbons (Fsp3) is 0.750. The molecule has 1 amide bonds. The molecule has 4 heteroatoms. The van der Waals surface area contributed by atoms with Crippen molar-refractivity contribution in [3.05, 3.63) is 17.5 Å². The van der Waals surface area contributed by atoms with Gasteiger partial charge in [0.15, 0.2) is 0 Å². The van der Waals surface area contributed by atoms with E-state index in [0.29, 0.717) is 22.2 Å². The van der Waals surface area contributed by atoms with Gasteiger partial charge in [-0.15, -0.1) is 0 Å². The van der Waals surface area contributed by atoms with Crippen LogP contribution in [0.15, 0.2) is 6.07 Å². The molecule has 0 saturated heterocycles. The number of amides is 1. The van der Waals surface area contributed by atoms with E-state index in [0.717, 1.165) is 30.7 Å². The second kappa shape index (κ2) is 4.59. The summed E-state index contributed by atoms with van der Waals surface area (Å²) in [5.74, 6) is 0.615. The number of nitrogens with zero attached hydrogens (tertiary/aromatic N) is 2. The fourth-order valence-electron chi connectivity index (χ4n) is 7.55. The molecule has 24 heavy (non-hydrogen) atoms. The van der Waals surface area contributed by atoms with Crippen LogP contribution in [0.1, 0.15) is 70.7 Å². The summed E-state index contributed by atoms with van der Waals surface area (Å²) in [6, 6.07) is 1.93. The predicted molar refractivity (Wildman–Crippen MR) is 94.6 cm³/mol. The minimum atomic E-state index is -0.242. The Morgan fingerprint density at radius 1 is 0.875 bits per heavy atom. The second-order valence-electron chi connectivity index (χ2n) is 10.2. The zero-order chi connectivity index (χ0) is 17.4. The third kappa shape index (κ3) is 2.46. The van der Waals surface area contributed by atoms with Crippen LogP contribution < -0.4 is 5.32 Å². The van der Waals surface area contributed by atoms with Crippen LogP contribution in [-0.2, 0) is 4.79 Å². The van der Waals surface area contributed by atoms with E-state index in [9.17, 15) is 4.79 Å². The number of hydrogen-bond acceptors (Lipinski definition) is 3. The van der Waals surface area contributed by atoms with Crippen molar-refractivity contribution in [2.75, 3.05) is 5.32 Å². The molecule has 130 valence electrons. The van der Waals surface area contributed by atoms with E-state index in [1.54, 1.807) is 0 Å². The molecule has 5 rings (SSSR count). The lowest BCUT2D eigenvalue weighted by atomic mass is 9.36. The van der Waals surface area contributed by atoms with E-state index >= 15 is 0 Å². The summed E-state index contributed by atoms with van der Waals surface area (Å²) in [4.78, 5) is 22.1. The Kier molecular flexibility index (Phi) is 3.06. The van der Waals surface area contributed by atoms with Crippen LogP contribution in [0.5, 0.6) is 0 Å². The number of rotatable bonds is 2. The molecule has 4 nitrogen and oxygen atoms in total. The summed E-state index contributed by atoms with van der Waals surface area (Å²) in [6.07, 6.45) is 6.85. The van der Waals surface area contributed by atoms with Crippen LogP contribution in [0.4, 0.5) is 5.95 Å². The summed E-state index contributed by atoms with van der Waals surface area (Å²) in [5.41, 5.74) is 2.47. The first-order valence-corrected chi connectivity index (χ1v) is 9.17. The van der Waals surface area contributed by atoms with Crippen molar-refractivity contribution in [3.63, 3.8) is 0 Å². The highest BCUT2D eigenvalue weighted by Gasteiger charge is 2.66. The maximum atomic E-state index is 13.3. The van der Waals surface area contributed by atoms with Crippen molar-refractivity contribution < 1.29 is 4.79 Å². The van der Waals surface area contributed by atoms with Gasteiger partial charge in [0.2, 0.25) is 11.9 Å². The number of anilines is 1. The molecule has 0 atom stereocenters. The highest BCUT2D eigenvalue weighted by molar-refractivity contribution is 5.94. The normalized spacial score (nSPS) is 43.0. The van der Waals surface area contributed by atoms with Gasteiger partial charge in [-0.1, -0.05) is 20.8 Å². The highest BCUT2D eigenvalue weighted by Crippen LogP contribution is 2.73. The Morgan fingerprint density at radius 3 is 1.71 bits per heavy atom. The zero-order valence-electron chi connectivity index (χ0n) is 15.6. The van der Waals surface area contributed by atoms with Gasteiger partial charge in [0.05, 0.1) is 5.41 Å². The van der Waals surface area contributed by atoms with E-state index in [-0.39, 0.29) is 11.3 Å². The molecule has 4 saturated carbocycles. The average molecular weight is 327 g/mol. The molecule has 1 N–H and O–H groups in total. The number of carbonyl (C=O) groups is 1. The summed E-state index contributed by atoms with van der Waals surface area (Å²) in [6.45, 7) is 11.1. The monoisotopic (exact) mass is 327 g/mol. The Morgan fingerprint density at radius 2 is 1.29 bits per heavy atom.